The van der Waals surface area contributed by atoms with E-state index < -0.39 is 5.54 Å². The number of rotatable bonds is 5. The fourth-order valence-corrected chi connectivity index (χ4v) is 7.41. The summed E-state index contributed by atoms with van der Waals surface area (Å²) < 4.78 is 10.4. The zero-order valence-corrected chi connectivity index (χ0v) is 21.2. The van der Waals surface area contributed by atoms with Crippen LogP contribution < -0.4 is 5.32 Å². The van der Waals surface area contributed by atoms with E-state index in [1.807, 2.05) is 29.6 Å². The summed E-state index contributed by atoms with van der Waals surface area (Å²) in [6, 6.07) is 7.78. The van der Waals surface area contributed by atoms with Gasteiger partial charge in [-0.05, 0) is 42.2 Å². The number of carbonyl (C=O) groups excluding carboxylic acids is 2. The molecule has 0 amide bonds. The maximum absolute atomic E-state index is 14.2. The van der Waals surface area contributed by atoms with E-state index in [0.717, 1.165) is 47.6 Å². The van der Waals surface area contributed by atoms with E-state index in [9.17, 15) is 9.59 Å². The lowest BCUT2D eigenvalue weighted by Gasteiger charge is -2.45. The first-order valence-electron chi connectivity index (χ1n) is 11.7. The summed E-state index contributed by atoms with van der Waals surface area (Å²) in [5, 5.41) is 6.26. The third-order valence-corrected chi connectivity index (χ3v) is 9.20. The minimum Gasteiger partial charge on any atom is -0.504 e. The molecular formula is C26H29ClN2O4S. The average molecular weight is 501 g/mol. The molecule has 2 saturated heterocycles. The first-order valence-corrected chi connectivity index (χ1v) is 13.0. The van der Waals surface area contributed by atoms with E-state index in [2.05, 4.69) is 17.1 Å². The summed E-state index contributed by atoms with van der Waals surface area (Å²) in [5.41, 5.74) is 2.31. The molecule has 3 aliphatic heterocycles. The van der Waals surface area contributed by atoms with Gasteiger partial charge in [-0.1, -0.05) is 37.1 Å². The van der Waals surface area contributed by atoms with Gasteiger partial charge in [0, 0.05) is 30.4 Å². The molecule has 3 aliphatic rings. The van der Waals surface area contributed by atoms with E-state index in [1.54, 1.807) is 18.4 Å². The number of hydrogen-bond donors (Lipinski definition) is 1. The zero-order chi connectivity index (χ0) is 24.0. The minimum absolute atomic E-state index is 0.0308. The van der Waals surface area contributed by atoms with Gasteiger partial charge in [-0.15, -0.1) is 11.3 Å². The molecule has 34 heavy (non-hydrogen) atoms. The van der Waals surface area contributed by atoms with Crippen LogP contribution in [0.15, 0.2) is 41.5 Å². The third-order valence-electron chi connectivity index (χ3n) is 7.82. The minimum atomic E-state index is -0.715. The first kappa shape index (κ1) is 23.4. The van der Waals surface area contributed by atoms with E-state index in [1.165, 1.54) is 13.4 Å². The number of hydrogen-bond acceptors (Lipinski definition) is 7. The lowest BCUT2D eigenvalue weighted by Crippen LogP contribution is -2.57. The number of Topliss-reactive ketones (excluding diaryl/α,β-unsaturated/α-hetero) is 1. The zero-order valence-electron chi connectivity index (χ0n) is 19.6. The molecule has 0 bridgehead atoms. The Balaban J connectivity index is 1.53. The summed E-state index contributed by atoms with van der Waals surface area (Å²) in [6.45, 7) is 3.83. The Morgan fingerprint density at radius 1 is 1.35 bits per heavy atom. The second-order valence-electron chi connectivity index (χ2n) is 9.32. The normalized spacial score (nSPS) is 28.5. The Bertz CT molecular complexity index is 1160. The van der Waals surface area contributed by atoms with E-state index >= 15 is 0 Å². The molecule has 2 fully saturated rings. The Labute approximate surface area is 208 Å². The van der Waals surface area contributed by atoms with Gasteiger partial charge < -0.3 is 14.8 Å². The van der Waals surface area contributed by atoms with Crippen molar-refractivity contribution in [1.29, 1.82) is 0 Å². The summed E-state index contributed by atoms with van der Waals surface area (Å²) in [7, 11) is 2.95. The van der Waals surface area contributed by atoms with Crippen molar-refractivity contribution < 1.29 is 19.1 Å². The van der Waals surface area contributed by atoms with E-state index in [4.69, 9.17) is 21.1 Å². The van der Waals surface area contributed by atoms with Crippen LogP contribution in [0.5, 0.6) is 0 Å². The van der Waals surface area contributed by atoms with Gasteiger partial charge in [0.1, 0.15) is 5.54 Å². The number of nitrogens with one attached hydrogen (secondary N) is 1. The molecule has 1 aromatic carbocycles. The summed E-state index contributed by atoms with van der Waals surface area (Å²) >= 11 is 8.00. The number of thiophene rings is 1. The average Bonchev–Trinajstić information content (AvgIpc) is 3.52. The summed E-state index contributed by atoms with van der Waals surface area (Å²) in [4.78, 5) is 30.2. The highest BCUT2D eigenvalue weighted by molar-refractivity contribution is 7.14. The van der Waals surface area contributed by atoms with Crippen molar-refractivity contribution in [2.45, 2.75) is 37.8 Å². The number of ketones is 1. The Hall–Kier alpha value is -2.35. The van der Waals surface area contributed by atoms with Crippen LogP contribution in [0.25, 0.3) is 10.4 Å². The van der Waals surface area contributed by atoms with Gasteiger partial charge in [-0.3, -0.25) is 9.69 Å². The molecule has 1 spiro atoms. The van der Waals surface area contributed by atoms with Gasteiger partial charge in [-0.2, -0.15) is 0 Å². The Kier molecular flexibility index (Phi) is 6.21. The number of anilines is 1. The van der Waals surface area contributed by atoms with Gasteiger partial charge in [-0.25, -0.2) is 4.79 Å². The second kappa shape index (κ2) is 9.02. The quantitative estimate of drug-likeness (QED) is 0.344. The van der Waals surface area contributed by atoms with Crippen LogP contribution in [0.2, 0.25) is 5.02 Å². The number of piperidine rings is 1. The molecule has 1 aromatic heterocycles. The predicted octanol–water partition coefficient (Wildman–Crippen LogP) is 5.24. The Morgan fingerprint density at radius 2 is 2.18 bits per heavy atom. The van der Waals surface area contributed by atoms with Crippen LogP contribution in [0.4, 0.5) is 5.69 Å². The number of halogens is 1. The number of esters is 1. The number of ether oxygens (including phenoxy) is 2. The van der Waals surface area contributed by atoms with Crippen molar-refractivity contribution in [3.05, 3.63) is 52.1 Å². The number of methoxy groups -OCH3 is 2. The van der Waals surface area contributed by atoms with Crippen LogP contribution in [-0.2, 0) is 14.3 Å². The summed E-state index contributed by atoms with van der Waals surface area (Å²) in [6.07, 6.45) is 3.87. The SMILES string of the molecule is CC[C@@H]1CN2CC[C@]3(Nc4cccc(-c5sccc5Cl)c4C3=O)[C@@H]2C[C@@H]1/C(=C\OC)C(=O)OC. The lowest BCUT2D eigenvalue weighted by molar-refractivity contribution is -0.137. The molecule has 0 unspecified atom stereocenters. The number of fused-ring (bicyclic) bond motifs is 3. The molecule has 0 radical (unpaired) electrons. The molecule has 4 atom stereocenters. The second-order valence-corrected chi connectivity index (χ2v) is 10.6. The number of carbonyl (C=O) groups is 2. The fourth-order valence-electron chi connectivity index (χ4n) is 6.22. The molecular weight excluding hydrogens is 472 g/mol. The van der Waals surface area contributed by atoms with Gasteiger partial charge in [0.15, 0.2) is 5.78 Å². The highest BCUT2D eigenvalue weighted by Gasteiger charge is 2.59. The Morgan fingerprint density at radius 3 is 2.85 bits per heavy atom. The van der Waals surface area contributed by atoms with Crippen LogP contribution in [0.3, 0.4) is 0 Å². The number of nitrogens with zero attached hydrogens (tertiary/aromatic N) is 1. The third kappa shape index (κ3) is 3.48. The highest BCUT2D eigenvalue weighted by atomic mass is 35.5. The molecule has 180 valence electrons. The largest absolute Gasteiger partial charge is 0.504 e. The lowest BCUT2D eigenvalue weighted by atomic mass is 9.72. The summed E-state index contributed by atoms with van der Waals surface area (Å²) in [5.74, 6) is -0.00191. The number of benzene rings is 1. The van der Waals surface area contributed by atoms with Gasteiger partial charge in [0.2, 0.25) is 0 Å². The van der Waals surface area contributed by atoms with Gasteiger partial charge in [0.25, 0.3) is 0 Å². The smallest absolute Gasteiger partial charge is 0.337 e. The monoisotopic (exact) mass is 500 g/mol. The van der Waals surface area contributed by atoms with Crippen molar-refractivity contribution in [2.24, 2.45) is 11.8 Å². The highest BCUT2D eigenvalue weighted by Crippen LogP contribution is 2.51. The molecule has 5 rings (SSSR count). The standard InChI is InChI=1S/C26H29ClN2O4S/c1-4-15-13-29-10-9-26(21(29)12-17(15)18(14-32-2)25(31)33-3)24(30)22-16(6-5-7-20(22)28-26)23-19(27)8-11-34-23/h5-8,11,14-15,17,21,28H,4,9-10,12-13H2,1-3H3/b18-14+/t15-,17+,21+,26+/m1/s1. The molecule has 6 nitrogen and oxygen atoms in total. The molecule has 1 N–H and O–H groups in total. The molecule has 2 aromatic rings. The topological polar surface area (TPSA) is 67.9 Å². The van der Waals surface area contributed by atoms with Crippen molar-refractivity contribution in [3.63, 3.8) is 0 Å². The molecule has 0 saturated carbocycles. The predicted molar refractivity (Wildman–Crippen MR) is 134 cm³/mol. The maximum atomic E-state index is 14.2. The van der Waals surface area contributed by atoms with Gasteiger partial charge >= 0.3 is 5.97 Å². The van der Waals surface area contributed by atoms with Crippen LogP contribution in [0, 0.1) is 11.8 Å². The first-order chi connectivity index (χ1) is 16.4. The molecule has 0 aliphatic carbocycles. The molecule has 8 heteroatoms. The van der Waals surface area contributed by atoms with Crippen LogP contribution >= 0.6 is 22.9 Å². The van der Waals surface area contributed by atoms with E-state index in [0.29, 0.717) is 17.0 Å². The van der Waals surface area contributed by atoms with E-state index in [-0.39, 0.29) is 29.6 Å². The maximum Gasteiger partial charge on any atom is 0.337 e. The van der Waals surface area contributed by atoms with Crippen LogP contribution in [0.1, 0.15) is 36.5 Å². The van der Waals surface area contributed by atoms with Crippen molar-refractivity contribution in [2.75, 3.05) is 32.6 Å². The molecule has 4 heterocycles. The fraction of sp³-hybridized carbons (Fsp3) is 0.462. The van der Waals surface area contributed by atoms with Crippen molar-refractivity contribution in [3.8, 4) is 10.4 Å². The van der Waals surface area contributed by atoms with Crippen molar-refractivity contribution >= 4 is 40.4 Å². The van der Waals surface area contributed by atoms with Crippen LogP contribution in [-0.4, -0.2) is 55.5 Å². The van der Waals surface area contributed by atoms with Gasteiger partial charge in [0.05, 0.1) is 41.5 Å². The van der Waals surface area contributed by atoms with Crippen molar-refractivity contribution in [1.82, 2.24) is 4.90 Å².